The Balaban J connectivity index is 1.41. The second kappa shape index (κ2) is 10.6. The molecule has 2 amide bonds. The number of thioether (sulfide) groups is 1. The standard InChI is InChI=1S/C24H22N6O3S/c1-16-7-3-6-10-21(16)30-24(27-28-29-30)34-15-22(31)26-20-9-5-4-8-19(20)23(32)25-17-11-13-18(33-2)14-12-17/h3-14H,15H2,1-2H3,(H,25,32)(H,26,31). The van der Waals surface area contributed by atoms with Crippen molar-refractivity contribution in [2.45, 2.75) is 12.1 Å². The summed E-state index contributed by atoms with van der Waals surface area (Å²) in [5.74, 6) is 0.142. The van der Waals surface area contributed by atoms with Gasteiger partial charge < -0.3 is 15.4 Å². The van der Waals surface area contributed by atoms with Crippen molar-refractivity contribution in [3.8, 4) is 11.4 Å². The van der Waals surface area contributed by atoms with Gasteiger partial charge >= 0.3 is 0 Å². The third-order valence-corrected chi connectivity index (χ3v) is 5.83. The zero-order chi connectivity index (χ0) is 23.9. The van der Waals surface area contributed by atoms with Crippen LogP contribution in [0.3, 0.4) is 0 Å². The number of benzene rings is 3. The lowest BCUT2D eigenvalue weighted by Gasteiger charge is -2.12. The van der Waals surface area contributed by atoms with Crippen LogP contribution in [0.25, 0.3) is 5.69 Å². The Morgan fingerprint density at radius 1 is 0.971 bits per heavy atom. The van der Waals surface area contributed by atoms with E-state index in [1.165, 1.54) is 11.8 Å². The Bertz CT molecular complexity index is 1310. The minimum absolute atomic E-state index is 0.0701. The highest BCUT2D eigenvalue weighted by molar-refractivity contribution is 7.99. The van der Waals surface area contributed by atoms with Crippen LogP contribution in [0.1, 0.15) is 15.9 Å². The van der Waals surface area contributed by atoms with Crippen molar-refractivity contribution in [1.29, 1.82) is 0 Å². The molecule has 0 saturated heterocycles. The van der Waals surface area contributed by atoms with Crippen molar-refractivity contribution < 1.29 is 14.3 Å². The van der Waals surface area contributed by atoms with Crippen molar-refractivity contribution in [2.75, 3.05) is 23.5 Å². The fourth-order valence-electron chi connectivity index (χ4n) is 3.20. The normalized spacial score (nSPS) is 10.5. The molecule has 0 spiro atoms. The molecular formula is C24H22N6O3S. The summed E-state index contributed by atoms with van der Waals surface area (Å²) in [7, 11) is 1.58. The number of aryl methyl sites for hydroxylation is 1. The molecule has 10 heteroatoms. The Hall–Kier alpha value is -4.18. The molecule has 34 heavy (non-hydrogen) atoms. The van der Waals surface area contributed by atoms with Crippen LogP contribution < -0.4 is 15.4 Å². The lowest BCUT2D eigenvalue weighted by atomic mass is 10.1. The van der Waals surface area contributed by atoms with E-state index in [1.807, 2.05) is 31.2 Å². The zero-order valence-electron chi connectivity index (χ0n) is 18.6. The molecule has 0 aliphatic carbocycles. The van der Waals surface area contributed by atoms with Gasteiger partial charge in [0.2, 0.25) is 11.1 Å². The van der Waals surface area contributed by atoms with E-state index in [1.54, 1.807) is 60.3 Å². The third-order valence-electron chi connectivity index (χ3n) is 4.91. The maximum Gasteiger partial charge on any atom is 0.257 e. The van der Waals surface area contributed by atoms with Crippen LogP contribution in [0.5, 0.6) is 5.75 Å². The van der Waals surface area contributed by atoms with Gasteiger partial charge in [0, 0.05) is 5.69 Å². The summed E-state index contributed by atoms with van der Waals surface area (Å²) in [5, 5.41) is 17.9. The fourth-order valence-corrected chi connectivity index (χ4v) is 3.88. The fraction of sp³-hybridized carbons (Fsp3) is 0.125. The molecule has 0 aliphatic rings. The number of amides is 2. The van der Waals surface area contributed by atoms with Gasteiger partial charge in [-0.2, -0.15) is 4.68 Å². The molecule has 4 aromatic rings. The Morgan fingerprint density at radius 3 is 2.47 bits per heavy atom. The van der Waals surface area contributed by atoms with E-state index in [9.17, 15) is 9.59 Å². The summed E-state index contributed by atoms with van der Waals surface area (Å²) >= 11 is 1.21. The van der Waals surface area contributed by atoms with E-state index in [0.29, 0.717) is 27.8 Å². The number of tetrazole rings is 1. The van der Waals surface area contributed by atoms with E-state index >= 15 is 0 Å². The van der Waals surface area contributed by atoms with Crippen LogP contribution in [0.2, 0.25) is 0 Å². The molecule has 0 bridgehead atoms. The van der Waals surface area contributed by atoms with Gasteiger partial charge in [0.25, 0.3) is 5.91 Å². The van der Waals surface area contributed by atoms with Gasteiger partial charge in [0.15, 0.2) is 0 Å². The second-order valence-corrected chi connectivity index (χ2v) is 8.17. The minimum atomic E-state index is -0.336. The lowest BCUT2D eigenvalue weighted by molar-refractivity contribution is -0.113. The molecule has 4 rings (SSSR count). The Morgan fingerprint density at radius 2 is 1.71 bits per heavy atom. The third kappa shape index (κ3) is 5.41. The number of hydrogen-bond donors (Lipinski definition) is 2. The number of methoxy groups -OCH3 is 1. The summed E-state index contributed by atoms with van der Waals surface area (Å²) in [6, 6.07) is 21.5. The summed E-state index contributed by atoms with van der Waals surface area (Å²) in [6.07, 6.45) is 0. The van der Waals surface area contributed by atoms with Crippen molar-refractivity contribution in [1.82, 2.24) is 20.2 Å². The van der Waals surface area contributed by atoms with Crippen LogP contribution in [0, 0.1) is 6.92 Å². The van der Waals surface area contributed by atoms with Crippen LogP contribution in [-0.2, 0) is 4.79 Å². The van der Waals surface area contributed by atoms with Crippen molar-refractivity contribution in [2.24, 2.45) is 0 Å². The quantitative estimate of drug-likeness (QED) is 0.372. The van der Waals surface area contributed by atoms with Crippen molar-refractivity contribution in [3.63, 3.8) is 0 Å². The van der Waals surface area contributed by atoms with Gasteiger partial charge in [0.05, 0.1) is 29.8 Å². The van der Waals surface area contributed by atoms with Crippen LogP contribution in [-0.4, -0.2) is 44.9 Å². The summed E-state index contributed by atoms with van der Waals surface area (Å²) in [6.45, 7) is 1.96. The molecule has 0 aliphatic heterocycles. The van der Waals surface area contributed by atoms with E-state index in [2.05, 4.69) is 26.2 Å². The molecule has 1 aromatic heterocycles. The van der Waals surface area contributed by atoms with Crippen molar-refractivity contribution >= 4 is 35.0 Å². The highest BCUT2D eigenvalue weighted by Crippen LogP contribution is 2.22. The van der Waals surface area contributed by atoms with Crippen LogP contribution in [0.15, 0.2) is 78.0 Å². The van der Waals surface area contributed by atoms with Gasteiger partial charge in [-0.05, 0) is 65.4 Å². The number of anilines is 2. The van der Waals surface area contributed by atoms with E-state index in [-0.39, 0.29) is 17.6 Å². The molecule has 3 aromatic carbocycles. The highest BCUT2D eigenvalue weighted by Gasteiger charge is 2.16. The first kappa shape index (κ1) is 23.0. The average molecular weight is 475 g/mol. The van der Waals surface area contributed by atoms with Gasteiger partial charge in [0.1, 0.15) is 5.75 Å². The molecule has 1 heterocycles. The predicted octanol–water partition coefficient (Wildman–Crippen LogP) is 3.96. The van der Waals surface area contributed by atoms with Crippen LogP contribution >= 0.6 is 11.8 Å². The van der Waals surface area contributed by atoms with E-state index in [4.69, 9.17) is 4.74 Å². The van der Waals surface area contributed by atoms with Gasteiger partial charge in [-0.3, -0.25) is 9.59 Å². The number of para-hydroxylation sites is 2. The molecular weight excluding hydrogens is 452 g/mol. The van der Waals surface area contributed by atoms with Crippen LogP contribution in [0.4, 0.5) is 11.4 Å². The Labute approximate surface area is 200 Å². The van der Waals surface area contributed by atoms with E-state index < -0.39 is 0 Å². The molecule has 0 radical (unpaired) electrons. The van der Waals surface area contributed by atoms with Gasteiger partial charge in [-0.15, -0.1) is 5.10 Å². The van der Waals surface area contributed by atoms with E-state index in [0.717, 1.165) is 11.3 Å². The number of hydrogen-bond acceptors (Lipinski definition) is 7. The second-order valence-electron chi connectivity index (χ2n) is 7.22. The number of carbonyl (C=O) groups excluding carboxylic acids is 2. The number of ether oxygens (including phenoxy) is 1. The maximum atomic E-state index is 12.8. The molecule has 2 N–H and O–H groups in total. The number of rotatable bonds is 8. The molecule has 9 nitrogen and oxygen atoms in total. The first-order valence-electron chi connectivity index (χ1n) is 10.4. The van der Waals surface area contributed by atoms with Crippen molar-refractivity contribution in [3.05, 3.63) is 83.9 Å². The van der Waals surface area contributed by atoms with Gasteiger partial charge in [-0.25, -0.2) is 0 Å². The first-order chi connectivity index (χ1) is 16.5. The molecule has 0 fully saturated rings. The van der Waals surface area contributed by atoms with Gasteiger partial charge in [-0.1, -0.05) is 42.1 Å². The topological polar surface area (TPSA) is 111 Å². The number of aromatic nitrogens is 4. The smallest absolute Gasteiger partial charge is 0.257 e. The first-order valence-corrected chi connectivity index (χ1v) is 11.3. The molecule has 172 valence electrons. The molecule has 0 unspecified atom stereocenters. The number of nitrogens with one attached hydrogen (secondary N) is 2. The largest absolute Gasteiger partial charge is 0.497 e. The number of nitrogens with zero attached hydrogens (tertiary/aromatic N) is 4. The summed E-state index contributed by atoms with van der Waals surface area (Å²) < 4.78 is 6.73. The SMILES string of the molecule is COc1ccc(NC(=O)c2ccccc2NC(=O)CSc2nnnn2-c2ccccc2C)cc1. The Kier molecular flexibility index (Phi) is 7.19. The highest BCUT2D eigenvalue weighted by atomic mass is 32.2. The molecule has 0 atom stereocenters. The summed E-state index contributed by atoms with van der Waals surface area (Å²) in [4.78, 5) is 25.5. The zero-order valence-corrected chi connectivity index (χ0v) is 19.4. The lowest BCUT2D eigenvalue weighted by Crippen LogP contribution is -2.19. The predicted molar refractivity (Wildman–Crippen MR) is 131 cm³/mol. The average Bonchev–Trinajstić information content (AvgIpc) is 3.32. The number of carbonyl (C=O) groups is 2. The summed E-state index contributed by atoms with van der Waals surface area (Å²) in [5.41, 5.74) is 3.23. The minimum Gasteiger partial charge on any atom is -0.497 e. The molecule has 0 saturated carbocycles. The maximum absolute atomic E-state index is 12.8. The monoisotopic (exact) mass is 474 g/mol.